The summed E-state index contributed by atoms with van der Waals surface area (Å²) >= 11 is 12.6. The molecule has 3 rings (SSSR count). The van der Waals surface area contributed by atoms with Gasteiger partial charge in [0.15, 0.2) is 5.82 Å². The molecule has 0 aliphatic heterocycles. The molecule has 0 N–H and O–H groups in total. The molecule has 2 aromatic rings. The van der Waals surface area contributed by atoms with Gasteiger partial charge in [0.25, 0.3) is 0 Å². The van der Waals surface area contributed by atoms with Crippen LogP contribution in [0.5, 0.6) is 0 Å². The van der Waals surface area contributed by atoms with Gasteiger partial charge in [-0.2, -0.15) is 0 Å². The van der Waals surface area contributed by atoms with Crippen LogP contribution in [-0.2, 0) is 12.8 Å². The van der Waals surface area contributed by atoms with Crippen LogP contribution in [0.15, 0.2) is 24.3 Å². The van der Waals surface area contributed by atoms with Crippen molar-refractivity contribution in [1.82, 2.24) is 9.97 Å². The predicted octanol–water partition coefficient (Wildman–Crippen LogP) is 5.11. The fourth-order valence-electron chi connectivity index (χ4n) is 2.66. The third-order valence-electron chi connectivity index (χ3n) is 3.75. The molecule has 0 saturated heterocycles. The summed E-state index contributed by atoms with van der Waals surface area (Å²) in [6.07, 6.45) is 6.83. The van der Waals surface area contributed by atoms with Gasteiger partial charge in [-0.1, -0.05) is 48.2 Å². The van der Waals surface area contributed by atoms with E-state index in [0.29, 0.717) is 16.0 Å². The highest BCUT2D eigenvalue weighted by molar-refractivity contribution is 6.33. The third-order valence-corrected chi connectivity index (χ3v) is 4.39. The van der Waals surface area contributed by atoms with E-state index in [0.717, 1.165) is 29.7 Å². The molecule has 1 heterocycles. The molecule has 1 aliphatic carbocycles. The van der Waals surface area contributed by atoms with Crippen molar-refractivity contribution in [3.63, 3.8) is 0 Å². The smallest absolute Gasteiger partial charge is 0.162 e. The zero-order chi connectivity index (χ0) is 13.9. The molecule has 0 fully saturated rings. The number of hydrogen-bond donors (Lipinski definition) is 0. The number of nitrogens with zero attached hydrogens (tertiary/aromatic N) is 2. The van der Waals surface area contributed by atoms with E-state index >= 15 is 0 Å². The van der Waals surface area contributed by atoms with Crippen molar-refractivity contribution in [3.05, 3.63) is 45.7 Å². The van der Waals surface area contributed by atoms with Crippen LogP contribution in [0.2, 0.25) is 10.2 Å². The van der Waals surface area contributed by atoms with Crippen LogP contribution < -0.4 is 0 Å². The zero-order valence-electron chi connectivity index (χ0n) is 11.2. The van der Waals surface area contributed by atoms with Crippen LogP contribution in [0, 0.1) is 0 Å². The van der Waals surface area contributed by atoms with E-state index in [1.54, 1.807) is 0 Å². The van der Waals surface area contributed by atoms with Crippen molar-refractivity contribution in [1.29, 1.82) is 0 Å². The largest absolute Gasteiger partial charge is 0.233 e. The average molecular weight is 307 g/mol. The number of rotatable bonds is 1. The average Bonchev–Trinajstić information content (AvgIpc) is 2.40. The van der Waals surface area contributed by atoms with E-state index in [-0.39, 0.29) is 0 Å². The van der Waals surface area contributed by atoms with Gasteiger partial charge in [0.05, 0.1) is 5.02 Å². The Hall–Kier alpha value is -1.12. The second-order valence-electron chi connectivity index (χ2n) is 5.16. The Bertz CT molecular complexity index is 626. The van der Waals surface area contributed by atoms with Crippen molar-refractivity contribution in [3.8, 4) is 11.4 Å². The molecule has 1 aliphatic rings. The second kappa shape index (κ2) is 6.11. The molecule has 1 aromatic carbocycles. The summed E-state index contributed by atoms with van der Waals surface area (Å²) in [7, 11) is 0. The second-order valence-corrected chi connectivity index (χ2v) is 5.92. The molecule has 1 aromatic heterocycles. The first-order valence-electron chi connectivity index (χ1n) is 7.06. The van der Waals surface area contributed by atoms with Crippen molar-refractivity contribution >= 4 is 23.2 Å². The molecular formula is C16H16Cl2N2. The van der Waals surface area contributed by atoms with E-state index in [2.05, 4.69) is 4.98 Å². The normalized spacial score (nSPS) is 15.3. The summed E-state index contributed by atoms with van der Waals surface area (Å²) < 4.78 is 0. The number of benzene rings is 1. The van der Waals surface area contributed by atoms with Crippen LogP contribution in [0.25, 0.3) is 11.4 Å². The molecule has 2 nitrogen and oxygen atoms in total. The summed E-state index contributed by atoms with van der Waals surface area (Å²) in [5.74, 6) is 0.639. The molecule has 0 bridgehead atoms. The monoisotopic (exact) mass is 306 g/mol. The molecule has 0 unspecified atom stereocenters. The van der Waals surface area contributed by atoms with Gasteiger partial charge in [-0.3, -0.25) is 0 Å². The fourth-order valence-corrected chi connectivity index (χ4v) is 3.17. The van der Waals surface area contributed by atoms with Crippen molar-refractivity contribution in [2.45, 2.75) is 38.5 Å². The summed E-state index contributed by atoms with van der Waals surface area (Å²) in [4.78, 5) is 9.19. The minimum atomic E-state index is 0.590. The summed E-state index contributed by atoms with van der Waals surface area (Å²) in [5, 5.41) is 1.25. The highest BCUT2D eigenvalue weighted by atomic mass is 35.5. The first-order valence-corrected chi connectivity index (χ1v) is 7.81. The quantitative estimate of drug-likeness (QED) is 0.684. The van der Waals surface area contributed by atoms with Gasteiger partial charge in [-0.05, 0) is 37.8 Å². The van der Waals surface area contributed by atoms with Gasteiger partial charge in [0, 0.05) is 16.8 Å². The molecule has 0 spiro atoms. The lowest BCUT2D eigenvalue weighted by Gasteiger charge is -2.15. The summed E-state index contributed by atoms with van der Waals surface area (Å²) in [6, 6.07) is 7.63. The maximum Gasteiger partial charge on any atom is 0.162 e. The first kappa shape index (κ1) is 13.8. The standard InChI is InChI=1S/C16H16Cl2N2/c17-13-9-6-5-7-11(13)16-19-14-10-4-2-1-3-8-12(14)15(18)20-16/h5-7,9H,1-4,8,10H2. The highest BCUT2D eigenvalue weighted by Crippen LogP contribution is 2.30. The SMILES string of the molecule is Clc1ccccc1-c1nc(Cl)c2c(n1)CCCCCC2. The van der Waals surface area contributed by atoms with E-state index in [4.69, 9.17) is 28.2 Å². The van der Waals surface area contributed by atoms with E-state index in [1.807, 2.05) is 24.3 Å². The van der Waals surface area contributed by atoms with Gasteiger partial charge >= 0.3 is 0 Å². The van der Waals surface area contributed by atoms with Gasteiger partial charge < -0.3 is 0 Å². The van der Waals surface area contributed by atoms with Crippen molar-refractivity contribution < 1.29 is 0 Å². The molecule has 0 saturated carbocycles. The fraction of sp³-hybridized carbons (Fsp3) is 0.375. The lowest BCUT2D eigenvalue weighted by molar-refractivity contribution is 0.607. The summed E-state index contributed by atoms with van der Waals surface area (Å²) in [6.45, 7) is 0. The Labute approximate surface area is 129 Å². The Kier molecular flexibility index (Phi) is 4.23. The number of halogens is 2. The number of aryl methyl sites for hydroxylation is 1. The van der Waals surface area contributed by atoms with Crippen molar-refractivity contribution in [2.75, 3.05) is 0 Å². The van der Waals surface area contributed by atoms with Crippen LogP contribution in [0.4, 0.5) is 0 Å². The first-order chi connectivity index (χ1) is 9.75. The van der Waals surface area contributed by atoms with Crippen molar-refractivity contribution in [2.24, 2.45) is 0 Å². The predicted molar refractivity (Wildman–Crippen MR) is 83.4 cm³/mol. The van der Waals surface area contributed by atoms with Gasteiger partial charge in [-0.15, -0.1) is 0 Å². The maximum absolute atomic E-state index is 6.38. The lowest BCUT2D eigenvalue weighted by atomic mass is 9.98. The van der Waals surface area contributed by atoms with Gasteiger partial charge in [0.1, 0.15) is 5.15 Å². The zero-order valence-corrected chi connectivity index (χ0v) is 12.7. The van der Waals surface area contributed by atoms with Crippen LogP contribution >= 0.6 is 23.2 Å². The molecule has 20 heavy (non-hydrogen) atoms. The molecule has 104 valence electrons. The molecule has 0 amide bonds. The molecular weight excluding hydrogens is 291 g/mol. The minimum absolute atomic E-state index is 0.590. The Morgan fingerprint density at radius 3 is 2.40 bits per heavy atom. The molecule has 0 radical (unpaired) electrons. The van der Waals surface area contributed by atoms with E-state index in [1.165, 1.54) is 25.7 Å². The third kappa shape index (κ3) is 2.82. The van der Waals surface area contributed by atoms with E-state index in [9.17, 15) is 0 Å². The van der Waals surface area contributed by atoms with Crippen LogP contribution in [0.1, 0.15) is 36.9 Å². The molecule has 4 heteroatoms. The van der Waals surface area contributed by atoms with Gasteiger partial charge in [0.2, 0.25) is 0 Å². The Morgan fingerprint density at radius 1 is 0.850 bits per heavy atom. The highest BCUT2D eigenvalue weighted by Gasteiger charge is 2.16. The lowest BCUT2D eigenvalue weighted by Crippen LogP contribution is -2.06. The van der Waals surface area contributed by atoms with Gasteiger partial charge in [-0.25, -0.2) is 9.97 Å². The number of aromatic nitrogens is 2. The van der Waals surface area contributed by atoms with Crippen LogP contribution in [-0.4, -0.2) is 9.97 Å². The summed E-state index contributed by atoms with van der Waals surface area (Å²) in [5.41, 5.74) is 3.07. The Morgan fingerprint density at radius 2 is 1.60 bits per heavy atom. The Balaban J connectivity index is 2.08. The topological polar surface area (TPSA) is 25.8 Å². The minimum Gasteiger partial charge on any atom is -0.233 e. The maximum atomic E-state index is 6.38. The number of hydrogen-bond acceptors (Lipinski definition) is 2. The molecule has 0 atom stereocenters. The van der Waals surface area contributed by atoms with Crippen LogP contribution in [0.3, 0.4) is 0 Å². The number of fused-ring (bicyclic) bond motifs is 1. The van der Waals surface area contributed by atoms with E-state index < -0.39 is 0 Å².